The van der Waals surface area contributed by atoms with E-state index in [-0.39, 0.29) is 9.80 Å². The number of aryl methyl sites for hydroxylation is 1. The summed E-state index contributed by atoms with van der Waals surface area (Å²) in [6.45, 7) is 1.87. The molecule has 0 N–H and O–H groups in total. The summed E-state index contributed by atoms with van der Waals surface area (Å²) < 4.78 is 27.1. The molecule has 0 bridgehead atoms. The first-order chi connectivity index (χ1) is 12.0. The number of aromatic nitrogens is 2. The number of nitrogens with zero attached hydrogens (tertiary/aromatic N) is 3. The monoisotopic (exact) mass is 349 g/mol. The summed E-state index contributed by atoms with van der Waals surface area (Å²) in [6, 6.07) is 15.4. The first-order valence-corrected chi connectivity index (χ1v) is 9.01. The van der Waals surface area contributed by atoms with E-state index in [4.69, 9.17) is 0 Å². The number of imidazole rings is 1. The van der Waals surface area contributed by atoms with Crippen LogP contribution in [0.4, 0.5) is 0 Å². The van der Waals surface area contributed by atoms with Crippen molar-refractivity contribution < 1.29 is 8.42 Å². The minimum atomic E-state index is -3.83. The Kier molecular flexibility index (Phi) is 4.50. The van der Waals surface area contributed by atoms with Gasteiger partial charge in [0.05, 0.1) is 11.2 Å². The molecule has 6 heteroatoms. The minimum Gasteiger partial charge on any atom is -0.306 e. The fourth-order valence-corrected chi connectivity index (χ4v) is 3.48. The van der Waals surface area contributed by atoms with Crippen molar-refractivity contribution in [1.82, 2.24) is 9.55 Å². The molecule has 0 saturated carbocycles. The molecule has 0 spiro atoms. The third kappa shape index (κ3) is 3.52. The lowest BCUT2D eigenvalue weighted by Gasteiger charge is -2.05. The second kappa shape index (κ2) is 6.75. The van der Waals surface area contributed by atoms with Crippen LogP contribution in [-0.2, 0) is 9.84 Å². The van der Waals surface area contributed by atoms with Crippen molar-refractivity contribution in [2.45, 2.75) is 11.8 Å². The molecule has 124 valence electrons. The third-order valence-corrected chi connectivity index (χ3v) is 5.41. The Morgan fingerprint density at radius 3 is 2.36 bits per heavy atom. The lowest BCUT2D eigenvalue weighted by Crippen LogP contribution is -2.03. The van der Waals surface area contributed by atoms with Crippen LogP contribution in [0.5, 0.6) is 0 Å². The summed E-state index contributed by atoms with van der Waals surface area (Å²) in [6.07, 6.45) is 6.55. The molecule has 0 aliphatic heterocycles. The highest BCUT2D eigenvalue weighted by Crippen LogP contribution is 2.22. The first-order valence-electron chi connectivity index (χ1n) is 7.53. The topological polar surface area (TPSA) is 75.8 Å². The van der Waals surface area contributed by atoms with Gasteiger partial charge in [-0.15, -0.1) is 0 Å². The van der Waals surface area contributed by atoms with Gasteiger partial charge in [0.15, 0.2) is 0 Å². The molecule has 3 aromatic rings. The molecule has 0 aliphatic carbocycles. The summed E-state index contributed by atoms with van der Waals surface area (Å²) in [5.41, 5.74) is 2.49. The average Bonchev–Trinajstić information content (AvgIpc) is 3.15. The normalized spacial score (nSPS) is 11.9. The van der Waals surface area contributed by atoms with E-state index in [2.05, 4.69) is 4.98 Å². The van der Waals surface area contributed by atoms with Gasteiger partial charge in [-0.3, -0.25) is 0 Å². The van der Waals surface area contributed by atoms with Crippen molar-refractivity contribution in [3.8, 4) is 11.8 Å². The van der Waals surface area contributed by atoms with Crippen LogP contribution in [0.3, 0.4) is 0 Å². The molecule has 0 atom stereocenters. The number of allylic oxidation sites excluding steroid dienone is 1. The van der Waals surface area contributed by atoms with Gasteiger partial charge in [-0.25, -0.2) is 13.4 Å². The minimum absolute atomic E-state index is 0.112. The van der Waals surface area contributed by atoms with Gasteiger partial charge in [0.25, 0.3) is 0 Å². The van der Waals surface area contributed by atoms with E-state index in [1.807, 2.05) is 29.8 Å². The highest BCUT2D eigenvalue weighted by Gasteiger charge is 2.20. The van der Waals surface area contributed by atoms with Crippen LogP contribution in [0, 0.1) is 18.3 Å². The molecule has 5 nitrogen and oxygen atoms in total. The zero-order valence-electron chi connectivity index (χ0n) is 13.5. The third-order valence-electron chi connectivity index (χ3n) is 3.72. The number of nitriles is 1. The molecule has 1 aromatic heterocycles. The maximum Gasteiger partial charge on any atom is 0.216 e. The lowest BCUT2D eigenvalue weighted by atomic mass is 10.2. The number of hydrogen-bond acceptors (Lipinski definition) is 4. The molecule has 25 heavy (non-hydrogen) atoms. The van der Waals surface area contributed by atoms with E-state index in [9.17, 15) is 13.7 Å². The fourth-order valence-electron chi connectivity index (χ4n) is 2.32. The van der Waals surface area contributed by atoms with E-state index in [0.29, 0.717) is 5.56 Å². The molecule has 0 aliphatic rings. The SMILES string of the molecule is Cc1ccc(S(=O)(=O)/C(C#N)=C\c2ccc(-n3ccnc3)cc2)cc1. The lowest BCUT2D eigenvalue weighted by molar-refractivity contribution is 0.603. The maximum absolute atomic E-state index is 12.6. The second-order valence-corrected chi connectivity index (χ2v) is 7.42. The Morgan fingerprint density at radius 1 is 1.12 bits per heavy atom. The first kappa shape index (κ1) is 16.7. The van der Waals surface area contributed by atoms with E-state index >= 15 is 0 Å². The number of sulfone groups is 1. The summed E-state index contributed by atoms with van der Waals surface area (Å²) in [5.74, 6) is 0. The Hall–Kier alpha value is -3.17. The highest BCUT2D eigenvalue weighted by molar-refractivity contribution is 7.95. The zero-order valence-corrected chi connectivity index (χ0v) is 14.3. The smallest absolute Gasteiger partial charge is 0.216 e. The summed E-state index contributed by atoms with van der Waals surface area (Å²) in [5, 5.41) is 9.33. The van der Waals surface area contributed by atoms with Gasteiger partial charge in [-0.2, -0.15) is 5.26 Å². The molecule has 0 radical (unpaired) electrons. The summed E-state index contributed by atoms with van der Waals surface area (Å²) in [7, 11) is -3.83. The van der Waals surface area contributed by atoms with Gasteiger partial charge in [-0.1, -0.05) is 29.8 Å². The molecule has 3 rings (SSSR count). The Morgan fingerprint density at radius 2 is 1.80 bits per heavy atom. The van der Waals surface area contributed by atoms with Crippen LogP contribution in [0.1, 0.15) is 11.1 Å². The predicted octanol–water partition coefficient (Wildman–Crippen LogP) is 3.52. The molecule has 0 amide bonds. The van der Waals surface area contributed by atoms with E-state index in [1.54, 1.807) is 42.9 Å². The van der Waals surface area contributed by atoms with E-state index in [0.717, 1.165) is 11.3 Å². The van der Waals surface area contributed by atoms with E-state index in [1.165, 1.54) is 18.2 Å². The van der Waals surface area contributed by atoms with Crippen molar-refractivity contribution >= 4 is 15.9 Å². The van der Waals surface area contributed by atoms with Gasteiger partial charge < -0.3 is 4.57 Å². The fraction of sp³-hybridized carbons (Fsp3) is 0.0526. The molecular weight excluding hydrogens is 334 g/mol. The maximum atomic E-state index is 12.6. The van der Waals surface area contributed by atoms with Crippen LogP contribution in [0.25, 0.3) is 11.8 Å². The Bertz CT molecular complexity index is 1040. The van der Waals surface area contributed by atoms with Gasteiger partial charge in [0, 0.05) is 18.1 Å². The van der Waals surface area contributed by atoms with Crippen LogP contribution < -0.4 is 0 Å². The Balaban J connectivity index is 1.95. The predicted molar refractivity (Wildman–Crippen MR) is 95.5 cm³/mol. The number of hydrogen-bond donors (Lipinski definition) is 0. The van der Waals surface area contributed by atoms with Crippen LogP contribution in [0.2, 0.25) is 0 Å². The highest BCUT2D eigenvalue weighted by atomic mass is 32.2. The average molecular weight is 349 g/mol. The molecule has 1 heterocycles. The van der Waals surface area contributed by atoms with Gasteiger partial charge in [-0.05, 0) is 42.8 Å². The van der Waals surface area contributed by atoms with E-state index < -0.39 is 9.84 Å². The number of rotatable bonds is 4. The Labute approximate surface area is 146 Å². The molecular formula is C19H15N3O2S. The van der Waals surface area contributed by atoms with Crippen molar-refractivity contribution in [1.29, 1.82) is 5.26 Å². The van der Waals surface area contributed by atoms with Crippen LogP contribution >= 0.6 is 0 Å². The standard InChI is InChI=1S/C19H15N3O2S/c1-15-2-8-18(9-3-15)25(23,24)19(13-20)12-16-4-6-17(7-5-16)22-11-10-21-14-22/h2-12,14H,1H3/b19-12-. The van der Waals surface area contributed by atoms with Crippen molar-refractivity contribution in [3.63, 3.8) is 0 Å². The van der Waals surface area contributed by atoms with Crippen molar-refractivity contribution in [2.24, 2.45) is 0 Å². The van der Waals surface area contributed by atoms with Crippen LogP contribution in [0.15, 0.2) is 77.1 Å². The van der Waals surface area contributed by atoms with Crippen molar-refractivity contribution in [3.05, 3.63) is 83.3 Å². The molecule has 2 aromatic carbocycles. The molecule has 0 saturated heterocycles. The largest absolute Gasteiger partial charge is 0.306 e. The van der Waals surface area contributed by atoms with Gasteiger partial charge in [0.2, 0.25) is 9.84 Å². The van der Waals surface area contributed by atoms with Crippen molar-refractivity contribution in [2.75, 3.05) is 0 Å². The molecule has 0 unspecified atom stereocenters. The second-order valence-electron chi connectivity index (χ2n) is 5.50. The van der Waals surface area contributed by atoms with Gasteiger partial charge in [0.1, 0.15) is 11.0 Å². The molecule has 0 fully saturated rings. The zero-order chi connectivity index (χ0) is 17.9. The van der Waals surface area contributed by atoms with Gasteiger partial charge >= 0.3 is 0 Å². The number of benzene rings is 2. The summed E-state index contributed by atoms with van der Waals surface area (Å²) >= 11 is 0. The summed E-state index contributed by atoms with van der Waals surface area (Å²) in [4.78, 5) is 3.81. The quantitative estimate of drug-likeness (QED) is 0.675. The van der Waals surface area contributed by atoms with Crippen LogP contribution in [-0.4, -0.2) is 18.0 Å².